The Morgan fingerprint density at radius 1 is 0.810 bits per heavy atom. The quantitative estimate of drug-likeness (QED) is 0.176. The Morgan fingerprint density at radius 2 is 1.43 bits per heavy atom. The van der Waals surface area contributed by atoms with E-state index < -0.39 is 25.0 Å². The first-order valence-corrected chi connectivity index (χ1v) is 27.5. The van der Waals surface area contributed by atoms with Crippen LogP contribution in [0.15, 0.2) is 0 Å². The number of carbonyl (C=O) groups is 1. The standard InChI is InChI=1S/C34H66O5Si3/c1-23(14-17-31(35)36-4)26-15-16-27-32-28(22-30(34(26,27)3)39-42(11,12)13)33(2)19-18-25(37-40(5,6)7)20-24(33)21-29(32)38-41(8,9)10/h23-30,32H,14-22H2,1-13H3/t23-,24+,25+,26-,27+,28+,29-,30+,32+,33+,34-/m1/s1. The SMILES string of the molecule is COC(=O)CC[C@@H](C)[C@H]1CC[C@H]2[C@@H]3[C@H](O[Si](C)(C)C)C[C@@H]4C[C@@H](O[Si](C)(C)C)CC[C@]4(C)[C@H]3C[C@H](O[Si](C)(C)C)[C@]12C. The van der Waals surface area contributed by atoms with Crippen molar-refractivity contribution in [3.05, 3.63) is 0 Å². The van der Waals surface area contributed by atoms with Crippen molar-refractivity contribution in [1.29, 1.82) is 0 Å². The van der Waals surface area contributed by atoms with E-state index in [-0.39, 0.29) is 17.5 Å². The van der Waals surface area contributed by atoms with Gasteiger partial charge in [-0.2, -0.15) is 0 Å². The van der Waals surface area contributed by atoms with Gasteiger partial charge < -0.3 is 18.0 Å². The van der Waals surface area contributed by atoms with Gasteiger partial charge in [0.25, 0.3) is 0 Å². The molecule has 0 amide bonds. The molecule has 0 aliphatic heterocycles. The number of rotatable bonds is 10. The summed E-state index contributed by atoms with van der Waals surface area (Å²) in [6, 6.07) is 0. The second kappa shape index (κ2) is 12.3. The molecule has 0 saturated heterocycles. The highest BCUT2D eigenvalue weighted by atomic mass is 28.4. The lowest BCUT2D eigenvalue weighted by Gasteiger charge is -2.66. The summed E-state index contributed by atoms with van der Waals surface area (Å²) in [7, 11) is -3.61. The molecule has 4 rings (SSSR count). The maximum absolute atomic E-state index is 12.1. The van der Waals surface area contributed by atoms with Crippen LogP contribution in [0.25, 0.3) is 0 Å². The second-order valence-corrected chi connectivity index (χ2v) is 31.6. The lowest BCUT2D eigenvalue weighted by Crippen LogP contribution is -2.64. The molecule has 0 aromatic rings. The van der Waals surface area contributed by atoms with Crippen LogP contribution in [-0.2, 0) is 22.8 Å². The lowest BCUT2D eigenvalue weighted by atomic mass is 9.43. The van der Waals surface area contributed by atoms with Crippen LogP contribution < -0.4 is 0 Å². The van der Waals surface area contributed by atoms with Crippen LogP contribution in [0.5, 0.6) is 0 Å². The molecule has 5 nitrogen and oxygen atoms in total. The second-order valence-electron chi connectivity index (χ2n) is 18.2. The Kier molecular flexibility index (Phi) is 10.2. The minimum atomic E-state index is -1.79. The summed E-state index contributed by atoms with van der Waals surface area (Å²) in [6.07, 6.45) is 11.0. The van der Waals surface area contributed by atoms with Crippen molar-refractivity contribution in [2.45, 2.75) is 156 Å². The van der Waals surface area contributed by atoms with Gasteiger partial charge in [-0.25, -0.2) is 0 Å². The van der Waals surface area contributed by atoms with Crippen molar-refractivity contribution >= 4 is 30.9 Å². The molecule has 8 heteroatoms. The third-order valence-corrected chi connectivity index (χ3v) is 15.0. The molecule has 0 bridgehead atoms. The molecule has 4 fully saturated rings. The maximum atomic E-state index is 12.1. The largest absolute Gasteiger partial charge is 0.469 e. The first-order chi connectivity index (χ1) is 19.2. The molecule has 4 aliphatic carbocycles. The van der Waals surface area contributed by atoms with Gasteiger partial charge in [-0.3, -0.25) is 4.79 Å². The summed E-state index contributed by atoms with van der Waals surface area (Å²) in [5.41, 5.74) is 0.430. The van der Waals surface area contributed by atoms with E-state index in [0.29, 0.717) is 59.6 Å². The number of methoxy groups -OCH3 is 1. The fraction of sp³-hybridized carbons (Fsp3) is 0.971. The lowest BCUT2D eigenvalue weighted by molar-refractivity contribution is -0.199. The Balaban J connectivity index is 1.72. The number of ether oxygens (including phenoxy) is 1. The van der Waals surface area contributed by atoms with E-state index >= 15 is 0 Å². The van der Waals surface area contributed by atoms with Crippen molar-refractivity contribution in [1.82, 2.24) is 0 Å². The minimum Gasteiger partial charge on any atom is -0.469 e. The fourth-order valence-corrected chi connectivity index (χ4v) is 14.1. The molecule has 244 valence electrons. The zero-order valence-electron chi connectivity index (χ0n) is 29.6. The zero-order valence-corrected chi connectivity index (χ0v) is 32.6. The third-order valence-electron chi connectivity index (χ3n) is 12.0. The molecule has 0 unspecified atom stereocenters. The molecule has 0 spiro atoms. The smallest absolute Gasteiger partial charge is 0.305 e. The Morgan fingerprint density at radius 3 is 2.00 bits per heavy atom. The van der Waals surface area contributed by atoms with Crippen molar-refractivity contribution in [2.24, 2.45) is 46.3 Å². The predicted octanol–water partition coefficient (Wildman–Crippen LogP) is 9.11. The highest BCUT2D eigenvalue weighted by Crippen LogP contribution is 2.69. The predicted molar refractivity (Wildman–Crippen MR) is 181 cm³/mol. The van der Waals surface area contributed by atoms with Gasteiger partial charge in [-0.1, -0.05) is 20.8 Å². The van der Waals surface area contributed by atoms with Crippen LogP contribution in [0.1, 0.15) is 78.6 Å². The van der Waals surface area contributed by atoms with Gasteiger partial charge in [0.15, 0.2) is 25.0 Å². The van der Waals surface area contributed by atoms with Crippen LogP contribution >= 0.6 is 0 Å². The average molecular weight is 639 g/mol. The van der Waals surface area contributed by atoms with Crippen LogP contribution in [0, 0.1) is 46.3 Å². The Hall–Kier alpha value is 0.000649. The monoisotopic (exact) mass is 638 g/mol. The molecule has 42 heavy (non-hydrogen) atoms. The van der Waals surface area contributed by atoms with Crippen molar-refractivity contribution in [3.63, 3.8) is 0 Å². The average Bonchev–Trinajstić information content (AvgIpc) is 3.19. The Labute approximate surface area is 262 Å². The summed E-state index contributed by atoms with van der Waals surface area (Å²) in [5.74, 6) is 3.45. The summed E-state index contributed by atoms with van der Waals surface area (Å²) in [5, 5.41) is 0. The van der Waals surface area contributed by atoms with Gasteiger partial charge in [-0.15, -0.1) is 0 Å². The first-order valence-electron chi connectivity index (χ1n) is 17.3. The molecule has 4 saturated carbocycles. The maximum Gasteiger partial charge on any atom is 0.305 e. The van der Waals surface area contributed by atoms with Crippen molar-refractivity contribution in [3.8, 4) is 0 Å². The van der Waals surface area contributed by atoms with Crippen LogP contribution in [-0.4, -0.2) is 56.3 Å². The van der Waals surface area contributed by atoms with E-state index in [4.69, 9.17) is 18.0 Å². The summed E-state index contributed by atoms with van der Waals surface area (Å²) in [4.78, 5) is 12.1. The van der Waals surface area contributed by atoms with Gasteiger partial charge >= 0.3 is 5.97 Å². The van der Waals surface area contributed by atoms with Gasteiger partial charge in [0.2, 0.25) is 0 Å². The Bertz CT molecular complexity index is 954. The zero-order chi connectivity index (χ0) is 31.5. The van der Waals surface area contributed by atoms with Crippen molar-refractivity contribution in [2.75, 3.05) is 7.11 Å². The van der Waals surface area contributed by atoms with Gasteiger partial charge in [-0.05, 0) is 157 Å². The number of esters is 1. The fourth-order valence-electron chi connectivity index (χ4n) is 10.5. The van der Waals surface area contributed by atoms with E-state index in [2.05, 4.69) is 79.7 Å². The van der Waals surface area contributed by atoms with E-state index in [1.54, 1.807) is 0 Å². The molecule has 11 atom stereocenters. The molecule has 0 radical (unpaired) electrons. The normalized spacial score (nSPS) is 41.5. The highest BCUT2D eigenvalue weighted by Gasteiger charge is 2.67. The molecule has 4 aliphatic rings. The van der Waals surface area contributed by atoms with E-state index in [1.807, 2.05) is 0 Å². The number of carbonyl (C=O) groups excluding carboxylic acids is 1. The van der Waals surface area contributed by atoms with E-state index in [9.17, 15) is 4.79 Å². The molecular formula is C34H66O5Si3. The molecule has 0 aromatic carbocycles. The van der Waals surface area contributed by atoms with E-state index in [0.717, 1.165) is 6.42 Å². The van der Waals surface area contributed by atoms with Gasteiger partial charge in [0.1, 0.15) is 0 Å². The first kappa shape index (κ1) is 34.9. The summed E-state index contributed by atoms with van der Waals surface area (Å²) < 4.78 is 26.4. The number of hydrogen-bond donors (Lipinski definition) is 0. The summed E-state index contributed by atoms with van der Waals surface area (Å²) >= 11 is 0. The number of hydrogen-bond acceptors (Lipinski definition) is 5. The molecule has 0 N–H and O–H groups in total. The molecule has 0 aromatic heterocycles. The van der Waals surface area contributed by atoms with Crippen LogP contribution in [0.2, 0.25) is 58.9 Å². The summed E-state index contributed by atoms with van der Waals surface area (Å²) in [6.45, 7) is 29.0. The van der Waals surface area contributed by atoms with Crippen molar-refractivity contribution < 1.29 is 22.8 Å². The van der Waals surface area contributed by atoms with Crippen LogP contribution in [0.3, 0.4) is 0 Å². The van der Waals surface area contributed by atoms with Gasteiger partial charge in [0, 0.05) is 18.6 Å². The van der Waals surface area contributed by atoms with E-state index in [1.165, 1.54) is 52.1 Å². The highest BCUT2D eigenvalue weighted by molar-refractivity contribution is 6.70. The third kappa shape index (κ3) is 7.35. The van der Waals surface area contributed by atoms with Crippen LogP contribution in [0.4, 0.5) is 0 Å². The minimum absolute atomic E-state index is 0.0799. The molecular weight excluding hydrogens is 573 g/mol. The number of fused-ring (bicyclic) bond motifs is 5. The van der Waals surface area contributed by atoms with Gasteiger partial charge in [0.05, 0.1) is 13.2 Å². The topological polar surface area (TPSA) is 54.0 Å². The molecule has 0 heterocycles.